The predicted octanol–water partition coefficient (Wildman–Crippen LogP) is 0.638. The van der Waals surface area contributed by atoms with Gasteiger partial charge in [0.1, 0.15) is 5.82 Å². The largest absolute Gasteiger partial charge is 0.354 e. The molecule has 1 heterocycles. The molecule has 0 saturated carbocycles. The van der Waals surface area contributed by atoms with Crippen LogP contribution in [0.4, 0.5) is 4.39 Å². The van der Waals surface area contributed by atoms with Gasteiger partial charge in [0.2, 0.25) is 5.91 Å². The molecule has 7 heteroatoms. The second-order valence-electron chi connectivity index (χ2n) is 4.37. The van der Waals surface area contributed by atoms with Gasteiger partial charge in [-0.05, 0) is 18.2 Å². The van der Waals surface area contributed by atoms with Gasteiger partial charge in [-0.3, -0.25) is 9.59 Å². The Balaban J connectivity index is 1.70. The van der Waals surface area contributed by atoms with Crippen LogP contribution in [0.15, 0.2) is 36.8 Å². The van der Waals surface area contributed by atoms with E-state index in [-0.39, 0.29) is 18.0 Å². The third-order valence-corrected chi connectivity index (χ3v) is 2.77. The Hall–Kier alpha value is -2.70. The van der Waals surface area contributed by atoms with Crippen LogP contribution in [0.1, 0.15) is 16.1 Å². The summed E-state index contributed by atoms with van der Waals surface area (Å²) >= 11 is 0. The Morgan fingerprint density at radius 3 is 2.86 bits per heavy atom. The molecule has 0 radical (unpaired) electrons. The number of nitrogens with one attached hydrogen (secondary N) is 3. The van der Waals surface area contributed by atoms with Crippen LogP contribution in [0.25, 0.3) is 0 Å². The molecule has 0 aliphatic heterocycles. The summed E-state index contributed by atoms with van der Waals surface area (Å²) in [6.07, 6.45) is 3.87. The van der Waals surface area contributed by atoms with E-state index >= 15 is 0 Å². The molecule has 110 valence electrons. The van der Waals surface area contributed by atoms with E-state index in [9.17, 15) is 14.0 Å². The molecule has 0 aliphatic rings. The number of nitrogens with zero attached hydrogens (tertiary/aromatic N) is 1. The van der Waals surface area contributed by atoms with Gasteiger partial charge in [-0.15, -0.1) is 0 Å². The maximum atomic E-state index is 13.0. The maximum Gasteiger partial charge on any atom is 0.251 e. The summed E-state index contributed by atoms with van der Waals surface area (Å²) < 4.78 is 13.0. The Kier molecular flexibility index (Phi) is 5.03. The molecule has 3 N–H and O–H groups in total. The van der Waals surface area contributed by atoms with Crippen molar-refractivity contribution in [1.29, 1.82) is 0 Å². The van der Waals surface area contributed by atoms with Crippen LogP contribution in [0.5, 0.6) is 0 Å². The lowest BCUT2D eigenvalue weighted by atomic mass is 10.2. The normalized spacial score (nSPS) is 10.1. The van der Waals surface area contributed by atoms with Crippen molar-refractivity contribution < 1.29 is 14.0 Å². The second kappa shape index (κ2) is 7.18. The van der Waals surface area contributed by atoms with Gasteiger partial charge in [-0.1, -0.05) is 6.07 Å². The molecule has 0 spiro atoms. The summed E-state index contributed by atoms with van der Waals surface area (Å²) in [6, 6.07) is 5.29. The first-order chi connectivity index (χ1) is 10.1. The molecule has 0 unspecified atom stereocenters. The van der Waals surface area contributed by atoms with Crippen molar-refractivity contribution in [1.82, 2.24) is 20.6 Å². The number of halogens is 1. The number of hydrogen-bond acceptors (Lipinski definition) is 3. The molecule has 0 atom stereocenters. The summed E-state index contributed by atoms with van der Waals surface area (Å²) in [5, 5.41) is 5.10. The summed E-state index contributed by atoms with van der Waals surface area (Å²) in [6.45, 7) is 0.287. The first-order valence-corrected chi connectivity index (χ1v) is 6.43. The van der Waals surface area contributed by atoms with Crippen molar-refractivity contribution >= 4 is 11.8 Å². The first-order valence-electron chi connectivity index (χ1n) is 6.43. The Morgan fingerprint density at radius 2 is 2.14 bits per heavy atom. The molecule has 1 aromatic carbocycles. The van der Waals surface area contributed by atoms with Crippen molar-refractivity contribution in [2.24, 2.45) is 0 Å². The number of imidazole rings is 1. The van der Waals surface area contributed by atoms with Gasteiger partial charge in [-0.25, -0.2) is 9.37 Å². The van der Waals surface area contributed by atoms with Gasteiger partial charge in [0.15, 0.2) is 0 Å². The summed E-state index contributed by atoms with van der Waals surface area (Å²) in [5.74, 6) is -1.29. The molecule has 0 fully saturated rings. The number of amides is 2. The van der Waals surface area contributed by atoms with Gasteiger partial charge in [0, 0.05) is 30.4 Å². The lowest BCUT2D eigenvalue weighted by Gasteiger charge is -2.06. The zero-order valence-electron chi connectivity index (χ0n) is 11.2. The fourth-order valence-electron chi connectivity index (χ4n) is 1.71. The summed E-state index contributed by atoms with van der Waals surface area (Å²) in [5.41, 5.74) is 1.10. The molecule has 1 aromatic heterocycles. The van der Waals surface area contributed by atoms with E-state index in [0.29, 0.717) is 13.0 Å². The summed E-state index contributed by atoms with van der Waals surface area (Å²) in [7, 11) is 0. The van der Waals surface area contributed by atoms with E-state index in [2.05, 4.69) is 20.6 Å². The zero-order chi connectivity index (χ0) is 15.1. The molecule has 2 rings (SSSR count). The minimum Gasteiger partial charge on any atom is -0.354 e. The van der Waals surface area contributed by atoms with E-state index in [0.717, 1.165) is 11.8 Å². The number of aromatic nitrogens is 2. The van der Waals surface area contributed by atoms with E-state index in [1.54, 1.807) is 12.5 Å². The standard InChI is InChI=1S/C14H15FN4O2/c15-11-3-1-2-10(6-11)14(21)18-8-13(20)17-5-4-12-7-16-9-19-12/h1-3,6-7,9H,4-5,8H2,(H,16,19)(H,17,20)(H,18,21). The minimum absolute atomic E-state index is 0.154. The minimum atomic E-state index is -0.494. The molecule has 2 aromatic rings. The molecular weight excluding hydrogens is 275 g/mol. The Labute approximate surface area is 120 Å². The van der Waals surface area contributed by atoms with Gasteiger partial charge in [0.25, 0.3) is 5.91 Å². The van der Waals surface area contributed by atoms with E-state index in [1.807, 2.05) is 0 Å². The smallest absolute Gasteiger partial charge is 0.251 e. The Bertz CT molecular complexity index is 613. The van der Waals surface area contributed by atoms with Crippen molar-refractivity contribution in [2.75, 3.05) is 13.1 Å². The molecule has 0 aliphatic carbocycles. The molecule has 0 saturated heterocycles. The SMILES string of the molecule is O=C(CNC(=O)c1cccc(F)c1)NCCc1cnc[nH]1. The highest BCUT2D eigenvalue weighted by atomic mass is 19.1. The van der Waals surface area contributed by atoms with Crippen LogP contribution in [0.2, 0.25) is 0 Å². The van der Waals surface area contributed by atoms with Crippen LogP contribution in [0, 0.1) is 5.82 Å². The average molecular weight is 290 g/mol. The molecular formula is C14H15FN4O2. The highest BCUT2D eigenvalue weighted by Gasteiger charge is 2.08. The zero-order valence-corrected chi connectivity index (χ0v) is 11.2. The highest BCUT2D eigenvalue weighted by Crippen LogP contribution is 2.02. The third kappa shape index (κ3) is 4.72. The Morgan fingerprint density at radius 1 is 1.29 bits per heavy atom. The average Bonchev–Trinajstić information content (AvgIpc) is 2.98. The second-order valence-corrected chi connectivity index (χ2v) is 4.37. The van der Waals surface area contributed by atoms with E-state index in [4.69, 9.17) is 0 Å². The number of H-pyrrole nitrogens is 1. The number of benzene rings is 1. The van der Waals surface area contributed by atoms with Crippen molar-refractivity contribution in [3.05, 3.63) is 53.9 Å². The highest BCUT2D eigenvalue weighted by molar-refractivity contribution is 5.96. The first kappa shape index (κ1) is 14.7. The third-order valence-electron chi connectivity index (χ3n) is 2.77. The fraction of sp³-hybridized carbons (Fsp3) is 0.214. The number of hydrogen-bond donors (Lipinski definition) is 3. The van der Waals surface area contributed by atoms with Crippen molar-refractivity contribution in [3.8, 4) is 0 Å². The van der Waals surface area contributed by atoms with Crippen LogP contribution in [0.3, 0.4) is 0 Å². The monoisotopic (exact) mass is 290 g/mol. The van der Waals surface area contributed by atoms with E-state index < -0.39 is 11.7 Å². The van der Waals surface area contributed by atoms with Crippen molar-refractivity contribution in [2.45, 2.75) is 6.42 Å². The van der Waals surface area contributed by atoms with Gasteiger partial charge in [0.05, 0.1) is 12.9 Å². The topological polar surface area (TPSA) is 86.9 Å². The predicted molar refractivity (Wildman–Crippen MR) is 74.0 cm³/mol. The number of rotatable bonds is 6. The molecule has 21 heavy (non-hydrogen) atoms. The van der Waals surface area contributed by atoms with Crippen LogP contribution in [-0.4, -0.2) is 34.9 Å². The van der Waals surface area contributed by atoms with Crippen LogP contribution < -0.4 is 10.6 Å². The van der Waals surface area contributed by atoms with Gasteiger partial charge < -0.3 is 15.6 Å². The van der Waals surface area contributed by atoms with Crippen LogP contribution in [-0.2, 0) is 11.2 Å². The number of aromatic amines is 1. The lowest BCUT2D eigenvalue weighted by molar-refractivity contribution is -0.120. The quantitative estimate of drug-likeness (QED) is 0.729. The van der Waals surface area contributed by atoms with Gasteiger partial charge >= 0.3 is 0 Å². The van der Waals surface area contributed by atoms with Gasteiger partial charge in [-0.2, -0.15) is 0 Å². The number of carbonyl (C=O) groups excluding carboxylic acids is 2. The lowest BCUT2D eigenvalue weighted by Crippen LogP contribution is -2.37. The van der Waals surface area contributed by atoms with Crippen LogP contribution >= 0.6 is 0 Å². The fourth-order valence-corrected chi connectivity index (χ4v) is 1.71. The maximum absolute atomic E-state index is 13.0. The van der Waals surface area contributed by atoms with Crippen molar-refractivity contribution in [3.63, 3.8) is 0 Å². The molecule has 0 bridgehead atoms. The molecule has 2 amide bonds. The molecule has 6 nitrogen and oxygen atoms in total. The number of carbonyl (C=O) groups is 2. The van der Waals surface area contributed by atoms with E-state index in [1.165, 1.54) is 18.2 Å². The summed E-state index contributed by atoms with van der Waals surface area (Å²) in [4.78, 5) is 30.0.